The third-order valence-corrected chi connectivity index (χ3v) is 5.77. The van der Waals surface area contributed by atoms with E-state index in [0.29, 0.717) is 11.5 Å². The summed E-state index contributed by atoms with van der Waals surface area (Å²) in [5.41, 5.74) is 1.55. The van der Waals surface area contributed by atoms with Crippen molar-refractivity contribution >= 4 is 37.9 Å². The molecular formula is C19H20NO7S+. The SMILES string of the molecule is COc1ccc2c(c1)cc1cc(OC)ccc1[n+]2CCC(C(=O)O)S(=O)(=O)O. The fourth-order valence-electron chi connectivity index (χ4n) is 3.23. The van der Waals surface area contributed by atoms with Crippen molar-refractivity contribution < 1.29 is 36.9 Å². The Morgan fingerprint density at radius 3 is 1.89 bits per heavy atom. The molecule has 0 aliphatic heterocycles. The number of carbonyl (C=O) groups is 1. The van der Waals surface area contributed by atoms with Gasteiger partial charge in [0.25, 0.3) is 10.1 Å². The molecule has 0 aliphatic rings. The number of ether oxygens (including phenoxy) is 2. The summed E-state index contributed by atoms with van der Waals surface area (Å²) in [4.78, 5) is 11.3. The lowest BCUT2D eigenvalue weighted by Crippen LogP contribution is -2.40. The summed E-state index contributed by atoms with van der Waals surface area (Å²) >= 11 is 0. The second kappa shape index (κ2) is 7.61. The highest BCUT2D eigenvalue weighted by atomic mass is 32.2. The third-order valence-electron chi connectivity index (χ3n) is 4.61. The van der Waals surface area contributed by atoms with E-state index in [4.69, 9.17) is 14.6 Å². The van der Waals surface area contributed by atoms with E-state index in [-0.39, 0.29) is 13.0 Å². The largest absolute Gasteiger partial charge is 0.497 e. The number of aromatic nitrogens is 1. The van der Waals surface area contributed by atoms with Crippen LogP contribution in [0.25, 0.3) is 21.8 Å². The van der Waals surface area contributed by atoms with Crippen molar-refractivity contribution in [3.63, 3.8) is 0 Å². The average molecular weight is 406 g/mol. The van der Waals surface area contributed by atoms with Gasteiger partial charge in [-0.25, -0.2) is 0 Å². The van der Waals surface area contributed by atoms with Crippen LogP contribution >= 0.6 is 0 Å². The molecule has 0 amide bonds. The number of rotatable bonds is 7. The molecule has 1 unspecified atom stereocenters. The van der Waals surface area contributed by atoms with Gasteiger partial charge in [-0.3, -0.25) is 9.35 Å². The third kappa shape index (κ3) is 3.85. The Labute approximate surface area is 161 Å². The first-order chi connectivity index (χ1) is 13.2. The van der Waals surface area contributed by atoms with Gasteiger partial charge in [-0.2, -0.15) is 13.0 Å². The van der Waals surface area contributed by atoms with Crippen LogP contribution in [0, 0.1) is 0 Å². The number of benzene rings is 2. The number of methoxy groups -OCH3 is 2. The van der Waals surface area contributed by atoms with Crippen molar-refractivity contribution in [3.8, 4) is 11.5 Å². The number of aliphatic carboxylic acids is 1. The van der Waals surface area contributed by atoms with Gasteiger partial charge in [0.05, 0.1) is 25.0 Å². The fourth-order valence-corrected chi connectivity index (χ4v) is 3.88. The second-order valence-electron chi connectivity index (χ2n) is 6.28. The van der Waals surface area contributed by atoms with Crippen molar-refractivity contribution in [2.45, 2.75) is 18.2 Å². The molecule has 2 aromatic carbocycles. The monoisotopic (exact) mass is 406 g/mol. The number of pyridine rings is 1. The van der Waals surface area contributed by atoms with E-state index in [2.05, 4.69) is 0 Å². The summed E-state index contributed by atoms with van der Waals surface area (Å²) < 4.78 is 44.4. The van der Waals surface area contributed by atoms with Crippen LogP contribution in [0.4, 0.5) is 0 Å². The molecule has 148 valence electrons. The van der Waals surface area contributed by atoms with Crippen molar-refractivity contribution in [1.82, 2.24) is 0 Å². The lowest BCUT2D eigenvalue weighted by atomic mass is 10.1. The van der Waals surface area contributed by atoms with Crippen LogP contribution in [-0.4, -0.2) is 43.5 Å². The second-order valence-corrected chi connectivity index (χ2v) is 7.87. The van der Waals surface area contributed by atoms with Gasteiger partial charge in [-0.1, -0.05) is 0 Å². The average Bonchev–Trinajstić information content (AvgIpc) is 2.65. The predicted octanol–water partition coefficient (Wildman–Crippen LogP) is 2.03. The molecule has 3 rings (SSSR count). The van der Waals surface area contributed by atoms with Gasteiger partial charge in [0.2, 0.25) is 11.0 Å². The standard InChI is InChI=1S/C19H19NO7S/c1-26-14-3-5-16-12(10-14)9-13-11-15(27-2)4-6-17(13)20(16)8-7-18(19(21)22)28(23,24)25/h3-6,9-11,18H,7-8H2,1-2H3,(H-,21,22,23,24,25)/p+1. The van der Waals surface area contributed by atoms with Gasteiger partial charge in [0.1, 0.15) is 11.5 Å². The minimum Gasteiger partial charge on any atom is -0.497 e. The number of carboxylic acid groups (broad SMARTS) is 1. The van der Waals surface area contributed by atoms with Crippen molar-refractivity contribution in [2.24, 2.45) is 0 Å². The molecule has 1 aromatic heterocycles. The maximum absolute atomic E-state index is 11.4. The summed E-state index contributed by atoms with van der Waals surface area (Å²) in [6, 6.07) is 12.8. The predicted molar refractivity (Wildman–Crippen MR) is 102 cm³/mol. The summed E-state index contributed by atoms with van der Waals surface area (Å²) in [5.74, 6) is -0.277. The smallest absolute Gasteiger partial charge is 0.324 e. The highest BCUT2D eigenvalue weighted by Gasteiger charge is 2.32. The van der Waals surface area contributed by atoms with E-state index < -0.39 is 21.3 Å². The number of carboxylic acids is 1. The lowest BCUT2D eigenvalue weighted by molar-refractivity contribution is -0.645. The molecule has 9 heteroatoms. The minimum atomic E-state index is -4.72. The Bertz CT molecular complexity index is 1100. The van der Waals surface area contributed by atoms with Crippen molar-refractivity contribution in [2.75, 3.05) is 14.2 Å². The lowest BCUT2D eigenvalue weighted by Gasteiger charge is -2.11. The molecule has 1 heterocycles. The zero-order valence-electron chi connectivity index (χ0n) is 15.3. The topological polar surface area (TPSA) is 114 Å². The first-order valence-corrected chi connectivity index (χ1v) is 9.92. The van der Waals surface area contributed by atoms with E-state index in [9.17, 15) is 17.8 Å². The van der Waals surface area contributed by atoms with E-state index in [1.165, 1.54) is 0 Å². The summed E-state index contributed by atoms with van der Waals surface area (Å²) in [5, 5.41) is 8.93. The zero-order chi connectivity index (χ0) is 20.5. The molecule has 8 nitrogen and oxygen atoms in total. The number of hydrogen-bond donors (Lipinski definition) is 2. The number of aryl methyl sites for hydroxylation is 1. The Balaban J connectivity index is 2.18. The molecular weight excluding hydrogens is 386 g/mol. The molecule has 0 saturated carbocycles. The first kappa shape index (κ1) is 19.8. The van der Waals surface area contributed by atoms with E-state index >= 15 is 0 Å². The van der Waals surface area contributed by atoms with Crippen LogP contribution in [0.15, 0.2) is 42.5 Å². The molecule has 0 aliphatic carbocycles. The molecule has 2 N–H and O–H groups in total. The summed E-state index contributed by atoms with van der Waals surface area (Å²) in [6.45, 7) is 0.0727. The Morgan fingerprint density at radius 1 is 1.00 bits per heavy atom. The molecule has 0 spiro atoms. The van der Waals surface area contributed by atoms with Gasteiger partial charge in [-0.15, -0.1) is 0 Å². The van der Waals surface area contributed by atoms with Crippen molar-refractivity contribution in [3.05, 3.63) is 42.5 Å². The Kier molecular flexibility index (Phi) is 5.39. The highest BCUT2D eigenvalue weighted by molar-refractivity contribution is 7.87. The highest BCUT2D eigenvalue weighted by Crippen LogP contribution is 2.25. The van der Waals surface area contributed by atoms with Gasteiger partial charge in [0.15, 0.2) is 11.8 Å². The normalized spacial score (nSPS) is 12.8. The summed E-state index contributed by atoms with van der Waals surface area (Å²) in [7, 11) is -1.60. The van der Waals surface area contributed by atoms with Gasteiger partial charge in [0, 0.05) is 18.6 Å². The molecule has 28 heavy (non-hydrogen) atoms. The summed E-state index contributed by atoms with van der Waals surface area (Å²) in [6.07, 6.45) is -0.287. The maximum atomic E-state index is 11.4. The van der Waals surface area contributed by atoms with E-state index in [0.717, 1.165) is 21.8 Å². The van der Waals surface area contributed by atoms with Gasteiger partial charge in [-0.05, 0) is 30.3 Å². The molecule has 0 saturated heterocycles. The van der Waals surface area contributed by atoms with E-state index in [1.807, 2.05) is 34.9 Å². The number of nitrogens with zero attached hydrogens (tertiary/aromatic N) is 1. The van der Waals surface area contributed by atoms with Gasteiger partial charge < -0.3 is 14.6 Å². The van der Waals surface area contributed by atoms with Crippen LogP contribution < -0.4 is 14.0 Å². The zero-order valence-corrected chi connectivity index (χ0v) is 16.1. The first-order valence-electron chi connectivity index (χ1n) is 8.42. The maximum Gasteiger partial charge on any atom is 0.324 e. The molecule has 1 atom stereocenters. The quantitative estimate of drug-likeness (QED) is 0.350. The molecule has 0 radical (unpaired) electrons. The van der Waals surface area contributed by atoms with Crippen molar-refractivity contribution in [1.29, 1.82) is 0 Å². The van der Waals surface area contributed by atoms with Crippen LogP contribution in [0.5, 0.6) is 11.5 Å². The Hall–Kier alpha value is -2.91. The molecule has 0 fully saturated rings. The number of hydrogen-bond acceptors (Lipinski definition) is 5. The number of fused-ring (bicyclic) bond motifs is 2. The van der Waals surface area contributed by atoms with Crippen LogP contribution in [0.2, 0.25) is 0 Å². The van der Waals surface area contributed by atoms with Crippen LogP contribution in [0.3, 0.4) is 0 Å². The molecule has 3 aromatic rings. The van der Waals surface area contributed by atoms with Crippen LogP contribution in [-0.2, 0) is 21.5 Å². The van der Waals surface area contributed by atoms with Gasteiger partial charge >= 0.3 is 5.97 Å². The minimum absolute atomic E-state index is 0.0727. The Morgan fingerprint density at radius 2 is 1.50 bits per heavy atom. The van der Waals surface area contributed by atoms with Crippen LogP contribution in [0.1, 0.15) is 6.42 Å². The fraction of sp³-hybridized carbons (Fsp3) is 0.263. The van der Waals surface area contributed by atoms with E-state index in [1.54, 1.807) is 26.4 Å². The molecule has 0 bridgehead atoms.